The third-order valence-corrected chi connectivity index (χ3v) is 2.81. The summed E-state index contributed by atoms with van der Waals surface area (Å²) in [5, 5.41) is 3.35. The quantitative estimate of drug-likeness (QED) is 0.872. The van der Waals surface area contributed by atoms with Crippen LogP contribution < -0.4 is 14.8 Å². The summed E-state index contributed by atoms with van der Waals surface area (Å²) in [6.07, 6.45) is 3.89. The van der Waals surface area contributed by atoms with Crippen molar-refractivity contribution in [2.24, 2.45) is 0 Å². The molecule has 1 aliphatic heterocycles. The highest BCUT2D eigenvalue weighted by atomic mass is 16.7. The van der Waals surface area contributed by atoms with Crippen molar-refractivity contribution in [3.8, 4) is 11.5 Å². The van der Waals surface area contributed by atoms with Crippen LogP contribution in [0.5, 0.6) is 11.5 Å². The van der Waals surface area contributed by atoms with Gasteiger partial charge < -0.3 is 19.8 Å². The number of aromatic nitrogens is 1. The molecule has 1 aromatic carbocycles. The molecule has 2 N–H and O–H groups in total. The van der Waals surface area contributed by atoms with Crippen LogP contribution in [-0.4, -0.2) is 10.8 Å². The maximum atomic E-state index is 5.70. The lowest BCUT2D eigenvalue weighted by atomic mass is 10.2. The summed E-state index contributed by atoms with van der Waals surface area (Å²) < 4.78 is 11.3. The first-order chi connectivity index (χ1) is 8.62. The van der Waals surface area contributed by atoms with Gasteiger partial charge in [-0.05, 0) is 23.8 Å². The number of hydrogen-bond acceptors (Lipinski definition) is 3. The van der Waals surface area contributed by atoms with Crippen molar-refractivity contribution in [1.29, 1.82) is 0 Å². The molecule has 94 valence electrons. The van der Waals surface area contributed by atoms with Crippen LogP contribution in [0.3, 0.4) is 0 Å². The lowest BCUT2D eigenvalue weighted by molar-refractivity contribution is -0.0431. The molecule has 0 aliphatic carbocycles. The monoisotopic (exact) mass is 244 g/mol. The van der Waals surface area contributed by atoms with Gasteiger partial charge in [0.2, 0.25) is 5.79 Å². The fourth-order valence-corrected chi connectivity index (χ4v) is 2.01. The highest BCUT2D eigenvalue weighted by Gasteiger charge is 2.31. The number of ether oxygens (including phenoxy) is 2. The number of anilines is 1. The molecule has 0 saturated heterocycles. The normalized spacial score (nSPS) is 15.7. The second kappa shape index (κ2) is 3.98. The summed E-state index contributed by atoms with van der Waals surface area (Å²) >= 11 is 0. The molecule has 0 spiro atoms. The van der Waals surface area contributed by atoms with Crippen LogP contribution in [0.2, 0.25) is 0 Å². The summed E-state index contributed by atoms with van der Waals surface area (Å²) in [6.45, 7) is 4.59. The number of nitrogens with one attached hydrogen (secondary N) is 2. The van der Waals surface area contributed by atoms with Crippen molar-refractivity contribution in [2.45, 2.75) is 26.2 Å². The molecule has 2 heterocycles. The summed E-state index contributed by atoms with van der Waals surface area (Å²) in [4.78, 5) is 3.03. The van der Waals surface area contributed by atoms with Crippen molar-refractivity contribution in [3.63, 3.8) is 0 Å². The molecule has 0 bridgehead atoms. The Morgan fingerprint density at radius 1 is 1.17 bits per heavy atom. The number of aromatic amines is 1. The van der Waals surface area contributed by atoms with Gasteiger partial charge in [0, 0.05) is 44.5 Å². The molecule has 2 aromatic rings. The second-order valence-corrected chi connectivity index (χ2v) is 4.84. The van der Waals surface area contributed by atoms with E-state index < -0.39 is 5.79 Å². The smallest absolute Gasteiger partial charge is 0.246 e. The van der Waals surface area contributed by atoms with Crippen LogP contribution in [-0.2, 0) is 6.54 Å². The summed E-state index contributed by atoms with van der Waals surface area (Å²) in [7, 11) is 0. The zero-order chi connectivity index (χ0) is 12.6. The largest absolute Gasteiger partial charge is 0.449 e. The average Bonchev–Trinajstić information content (AvgIpc) is 2.90. The number of hydrogen-bond donors (Lipinski definition) is 2. The van der Waals surface area contributed by atoms with Gasteiger partial charge >= 0.3 is 0 Å². The van der Waals surface area contributed by atoms with E-state index in [2.05, 4.69) is 10.3 Å². The zero-order valence-electron chi connectivity index (χ0n) is 10.5. The van der Waals surface area contributed by atoms with Gasteiger partial charge in [-0.25, -0.2) is 0 Å². The van der Waals surface area contributed by atoms with Crippen LogP contribution in [0.4, 0.5) is 5.69 Å². The van der Waals surface area contributed by atoms with Crippen LogP contribution in [0.25, 0.3) is 0 Å². The maximum Gasteiger partial charge on any atom is 0.246 e. The topological polar surface area (TPSA) is 46.3 Å². The van der Waals surface area contributed by atoms with Gasteiger partial charge in [-0.15, -0.1) is 0 Å². The third-order valence-electron chi connectivity index (χ3n) is 2.81. The van der Waals surface area contributed by atoms with Crippen molar-refractivity contribution >= 4 is 5.69 Å². The summed E-state index contributed by atoms with van der Waals surface area (Å²) in [6, 6.07) is 7.94. The van der Waals surface area contributed by atoms with E-state index in [9.17, 15) is 0 Å². The van der Waals surface area contributed by atoms with Gasteiger partial charge in [0.25, 0.3) is 0 Å². The second-order valence-electron chi connectivity index (χ2n) is 4.84. The van der Waals surface area contributed by atoms with Crippen LogP contribution in [0.15, 0.2) is 36.7 Å². The van der Waals surface area contributed by atoms with E-state index in [-0.39, 0.29) is 0 Å². The Morgan fingerprint density at radius 2 is 2.00 bits per heavy atom. The number of rotatable bonds is 3. The van der Waals surface area contributed by atoms with E-state index in [4.69, 9.17) is 9.47 Å². The van der Waals surface area contributed by atoms with Crippen molar-refractivity contribution in [1.82, 2.24) is 4.98 Å². The summed E-state index contributed by atoms with van der Waals surface area (Å²) in [5.41, 5.74) is 2.24. The van der Waals surface area contributed by atoms with Crippen LogP contribution in [0, 0.1) is 0 Å². The SMILES string of the molecule is CC1(C)Oc2ccc(NCc3cc[nH]c3)cc2O1. The molecule has 1 aliphatic rings. The Morgan fingerprint density at radius 3 is 2.78 bits per heavy atom. The van der Waals surface area contributed by atoms with Crippen LogP contribution >= 0.6 is 0 Å². The lowest BCUT2D eigenvalue weighted by Gasteiger charge is -2.16. The molecule has 0 saturated carbocycles. The Balaban J connectivity index is 1.72. The van der Waals surface area contributed by atoms with E-state index in [0.717, 1.165) is 23.7 Å². The minimum Gasteiger partial charge on any atom is -0.449 e. The maximum absolute atomic E-state index is 5.70. The third kappa shape index (κ3) is 2.14. The van der Waals surface area contributed by atoms with Crippen molar-refractivity contribution in [2.75, 3.05) is 5.32 Å². The summed E-state index contributed by atoms with van der Waals surface area (Å²) in [5.74, 6) is 1.02. The minimum atomic E-state index is -0.568. The van der Waals surface area contributed by atoms with Gasteiger partial charge in [-0.1, -0.05) is 0 Å². The molecule has 0 unspecified atom stereocenters. The number of H-pyrrole nitrogens is 1. The zero-order valence-corrected chi connectivity index (χ0v) is 10.5. The predicted octanol–water partition coefficient (Wildman–Crippen LogP) is 3.13. The molecule has 0 amide bonds. The standard InChI is InChI=1S/C14H16N2O2/c1-14(2)17-12-4-3-11(7-13(12)18-14)16-9-10-5-6-15-8-10/h3-8,15-16H,9H2,1-2H3. The number of benzene rings is 1. The van der Waals surface area contributed by atoms with Crippen molar-refractivity contribution < 1.29 is 9.47 Å². The van der Waals surface area contributed by atoms with E-state index in [1.165, 1.54) is 5.56 Å². The van der Waals surface area contributed by atoms with E-state index in [1.54, 1.807) is 0 Å². The van der Waals surface area contributed by atoms with Gasteiger partial charge in [0.05, 0.1) is 0 Å². The molecule has 1 aromatic heterocycles. The minimum absolute atomic E-state index is 0.568. The fourth-order valence-electron chi connectivity index (χ4n) is 2.01. The van der Waals surface area contributed by atoms with E-state index >= 15 is 0 Å². The molecule has 3 rings (SSSR count). The first-order valence-corrected chi connectivity index (χ1v) is 6.00. The first kappa shape index (κ1) is 11.0. The molecule has 18 heavy (non-hydrogen) atoms. The first-order valence-electron chi connectivity index (χ1n) is 6.00. The Kier molecular flexibility index (Phi) is 2.44. The average molecular weight is 244 g/mol. The van der Waals surface area contributed by atoms with Gasteiger partial charge in [0.15, 0.2) is 11.5 Å². The predicted molar refractivity (Wildman–Crippen MR) is 69.9 cm³/mol. The highest BCUT2D eigenvalue weighted by Crippen LogP contribution is 2.40. The Labute approximate surface area is 106 Å². The van der Waals surface area contributed by atoms with Crippen molar-refractivity contribution in [3.05, 3.63) is 42.2 Å². The van der Waals surface area contributed by atoms with Gasteiger partial charge in [-0.2, -0.15) is 0 Å². The molecular formula is C14H16N2O2. The Hall–Kier alpha value is -2.10. The lowest BCUT2D eigenvalue weighted by Crippen LogP contribution is -2.29. The molecular weight excluding hydrogens is 228 g/mol. The number of fused-ring (bicyclic) bond motifs is 1. The molecule has 4 heteroatoms. The van der Waals surface area contributed by atoms with Gasteiger partial charge in [-0.3, -0.25) is 0 Å². The van der Waals surface area contributed by atoms with E-state index in [1.807, 2.05) is 50.5 Å². The molecule has 4 nitrogen and oxygen atoms in total. The fraction of sp³-hybridized carbons (Fsp3) is 0.286. The Bertz CT molecular complexity index is 547. The van der Waals surface area contributed by atoms with Crippen LogP contribution in [0.1, 0.15) is 19.4 Å². The molecule has 0 fully saturated rings. The van der Waals surface area contributed by atoms with E-state index in [0.29, 0.717) is 0 Å². The molecule has 0 radical (unpaired) electrons. The van der Waals surface area contributed by atoms with Gasteiger partial charge in [0.1, 0.15) is 0 Å². The highest BCUT2D eigenvalue weighted by molar-refractivity contribution is 5.56. The molecule has 0 atom stereocenters.